The van der Waals surface area contributed by atoms with Crippen molar-refractivity contribution in [2.45, 2.75) is 13.8 Å². The maximum atomic E-state index is 13.4. The highest BCUT2D eigenvalue weighted by atomic mass is 19.1. The second-order valence-electron chi connectivity index (χ2n) is 3.34. The number of carbonyl (C=O) groups excluding carboxylic acids is 1. The minimum absolute atomic E-state index is 0.0231. The zero-order valence-corrected chi connectivity index (χ0v) is 8.95. The Morgan fingerprint density at radius 1 is 1.19 bits per heavy atom. The van der Waals surface area contributed by atoms with Crippen LogP contribution in [0.4, 0.5) is 4.39 Å². The van der Waals surface area contributed by atoms with Gasteiger partial charge in [-0.2, -0.15) is 0 Å². The third-order valence-corrected chi connectivity index (χ3v) is 2.19. The van der Waals surface area contributed by atoms with Crippen LogP contribution in [0.15, 0.2) is 29.8 Å². The lowest BCUT2D eigenvalue weighted by atomic mass is 9.97. The molecule has 1 N–H and O–H groups in total. The molecule has 84 valence electrons. The van der Waals surface area contributed by atoms with Crippen LogP contribution in [0.25, 0.3) is 5.57 Å². The smallest absolute Gasteiger partial charge is 0.332 e. The molecule has 1 aromatic rings. The summed E-state index contributed by atoms with van der Waals surface area (Å²) in [6.07, 6.45) is 0. The second kappa shape index (κ2) is 4.70. The number of aliphatic carboxylic acids is 1. The Kier molecular flexibility index (Phi) is 3.55. The molecule has 0 aliphatic rings. The summed E-state index contributed by atoms with van der Waals surface area (Å²) in [5.74, 6) is -2.30. The first-order valence-electron chi connectivity index (χ1n) is 4.65. The van der Waals surface area contributed by atoms with Crippen molar-refractivity contribution in [3.63, 3.8) is 0 Å². The highest BCUT2D eigenvalue weighted by molar-refractivity contribution is 6.24. The third kappa shape index (κ3) is 2.34. The highest BCUT2D eigenvalue weighted by Gasteiger charge is 2.18. The fraction of sp³-hybridized carbons (Fsp3) is 0.167. The van der Waals surface area contributed by atoms with E-state index in [0.717, 1.165) is 0 Å². The molecule has 0 saturated carbocycles. The van der Waals surface area contributed by atoms with Crippen molar-refractivity contribution < 1.29 is 19.1 Å². The predicted molar refractivity (Wildman–Crippen MR) is 57.3 cm³/mol. The molecule has 0 heterocycles. The van der Waals surface area contributed by atoms with E-state index >= 15 is 0 Å². The van der Waals surface area contributed by atoms with E-state index in [4.69, 9.17) is 5.11 Å². The number of rotatable bonds is 3. The standard InChI is InChI=1S/C12H11FO3/c1-7(12(15)16)11(8(2)14)9-5-3-4-6-10(9)13/h3-6H,1-2H3,(H,15,16)/b11-7+. The van der Waals surface area contributed by atoms with Crippen molar-refractivity contribution in [3.05, 3.63) is 41.2 Å². The van der Waals surface area contributed by atoms with E-state index in [2.05, 4.69) is 0 Å². The van der Waals surface area contributed by atoms with Gasteiger partial charge < -0.3 is 5.11 Å². The topological polar surface area (TPSA) is 54.4 Å². The van der Waals surface area contributed by atoms with Crippen LogP contribution in [0.3, 0.4) is 0 Å². The molecular formula is C12H11FO3. The van der Waals surface area contributed by atoms with Gasteiger partial charge in [0.15, 0.2) is 5.78 Å². The van der Waals surface area contributed by atoms with Crippen LogP contribution in [-0.2, 0) is 9.59 Å². The van der Waals surface area contributed by atoms with Gasteiger partial charge in [-0.25, -0.2) is 9.18 Å². The predicted octanol–water partition coefficient (Wildman–Crippen LogP) is 2.27. The van der Waals surface area contributed by atoms with E-state index < -0.39 is 17.6 Å². The number of carboxylic acid groups (broad SMARTS) is 1. The van der Waals surface area contributed by atoms with Crippen LogP contribution in [0, 0.1) is 5.82 Å². The summed E-state index contributed by atoms with van der Waals surface area (Å²) in [6, 6.07) is 5.61. The van der Waals surface area contributed by atoms with E-state index in [0.29, 0.717) is 0 Å². The molecule has 0 amide bonds. The molecule has 0 radical (unpaired) electrons. The minimum atomic E-state index is -1.23. The molecule has 4 heteroatoms. The Labute approximate surface area is 92.2 Å². The van der Waals surface area contributed by atoms with Crippen LogP contribution < -0.4 is 0 Å². The van der Waals surface area contributed by atoms with Gasteiger partial charge in [0, 0.05) is 16.7 Å². The number of benzene rings is 1. The fourth-order valence-corrected chi connectivity index (χ4v) is 1.43. The number of Topliss-reactive ketones (excluding diaryl/α,β-unsaturated/α-hetero) is 1. The van der Waals surface area contributed by atoms with E-state index in [1.54, 1.807) is 6.07 Å². The molecule has 0 aromatic heterocycles. The molecule has 0 bridgehead atoms. The van der Waals surface area contributed by atoms with Gasteiger partial charge in [-0.3, -0.25) is 4.79 Å². The van der Waals surface area contributed by atoms with Crippen molar-refractivity contribution in [3.8, 4) is 0 Å². The van der Waals surface area contributed by atoms with Gasteiger partial charge in [0.05, 0.1) is 0 Å². The molecular weight excluding hydrogens is 211 g/mol. The molecule has 1 aromatic carbocycles. The molecule has 1 rings (SSSR count). The summed E-state index contributed by atoms with van der Waals surface area (Å²) in [6.45, 7) is 2.50. The van der Waals surface area contributed by atoms with Crippen LogP contribution in [-0.4, -0.2) is 16.9 Å². The first-order valence-corrected chi connectivity index (χ1v) is 4.65. The Bertz CT molecular complexity index is 475. The van der Waals surface area contributed by atoms with Crippen molar-refractivity contribution in [1.82, 2.24) is 0 Å². The maximum absolute atomic E-state index is 13.4. The van der Waals surface area contributed by atoms with E-state index in [-0.39, 0.29) is 16.7 Å². The average Bonchev–Trinajstić information content (AvgIpc) is 2.20. The molecule has 0 unspecified atom stereocenters. The lowest BCUT2D eigenvalue weighted by Crippen LogP contribution is -2.07. The number of carboxylic acids is 1. The van der Waals surface area contributed by atoms with E-state index in [1.807, 2.05) is 0 Å². The number of hydrogen-bond donors (Lipinski definition) is 1. The van der Waals surface area contributed by atoms with Gasteiger partial charge in [-0.05, 0) is 19.9 Å². The lowest BCUT2D eigenvalue weighted by Gasteiger charge is -2.07. The van der Waals surface area contributed by atoms with Crippen LogP contribution in [0.2, 0.25) is 0 Å². The lowest BCUT2D eigenvalue weighted by molar-refractivity contribution is -0.132. The zero-order chi connectivity index (χ0) is 12.3. The van der Waals surface area contributed by atoms with E-state index in [1.165, 1.54) is 32.0 Å². The number of carbonyl (C=O) groups is 2. The third-order valence-electron chi connectivity index (χ3n) is 2.19. The molecule has 0 fully saturated rings. The molecule has 0 spiro atoms. The van der Waals surface area contributed by atoms with Gasteiger partial charge in [-0.15, -0.1) is 0 Å². The SMILES string of the molecule is CC(=O)/C(=C(/C)C(=O)O)c1ccccc1F. The van der Waals surface area contributed by atoms with Gasteiger partial charge in [0.1, 0.15) is 5.82 Å². The minimum Gasteiger partial charge on any atom is -0.478 e. The Hall–Kier alpha value is -1.97. The summed E-state index contributed by atoms with van der Waals surface area (Å²) in [5, 5.41) is 8.82. The van der Waals surface area contributed by atoms with Gasteiger partial charge in [0.25, 0.3) is 0 Å². The molecule has 0 atom stereocenters. The Morgan fingerprint density at radius 3 is 2.19 bits per heavy atom. The van der Waals surface area contributed by atoms with Crippen molar-refractivity contribution in [1.29, 1.82) is 0 Å². The number of halogens is 1. The summed E-state index contributed by atoms with van der Waals surface area (Å²) < 4.78 is 13.4. The summed E-state index contributed by atoms with van der Waals surface area (Å²) in [4.78, 5) is 22.2. The van der Waals surface area contributed by atoms with Crippen molar-refractivity contribution in [2.75, 3.05) is 0 Å². The fourth-order valence-electron chi connectivity index (χ4n) is 1.43. The molecule has 3 nitrogen and oxygen atoms in total. The van der Waals surface area contributed by atoms with Gasteiger partial charge >= 0.3 is 5.97 Å². The summed E-state index contributed by atoms with van der Waals surface area (Å²) >= 11 is 0. The molecule has 0 aliphatic carbocycles. The first kappa shape index (κ1) is 12.1. The number of ketones is 1. The second-order valence-corrected chi connectivity index (χ2v) is 3.34. The monoisotopic (exact) mass is 222 g/mol. The molecule has 0 aliphatic heterocycles. The van der Waals surface area contributed by atoms with E-state index in [9.17, 15) is 14.0 Å². The van der Waals surface area contributed by atoms with Gasteiger partial charge in [0.2, 0.25) is 0 Å². The number of hydrogen-bond acceptors (Lipinski definition) is 2. The number of allylic oxidation sites excluding steroid dienone is 1. The van der Waals surface area contributed by atoms with Crippen molar-refractivity contribution >= 4 is 17.3 Å². The van der Waals surface area contributed by atoms with Crippen LogP contribution >= 0.6 is 0 Å². The summed E-state index contributed by atoms with van der Waals surface area (Å²) in [5.41, 5.74) is -0.224. The van der Waals surface area contributed by atoms with Crippen LogP contribution in [0.1, 0.15) is 19.4 Å². The molecule has 0 saturated heterocycles. The first-order chi connectivity index (χ1) is 7.45. The van der Waals surface area contributed by atoms with Crippen molar-refractivity contribution in [2.24, 2.45) is 0 Å². The quantitative estimate of drug-likeness (QED) is 0.798. The zero-order valence-electron chi connectivity index (χ0n) is 8.95. The Morgan fingerprint density at radius 2 is 1.75 bits per heavy atom. The normalized spacial score (nSPS) is 11.9. The average molecular weight is 222 g/mol. The molecule has 16 heavy (non-hydrogen) atoms. The Balaban J connectivity index is 3.47. The van der Waals surface area contributed by atoms with Gasteiger partial charge in [-0.1, -0.05) is 18.2 Å². The summed E-state index contributed by atoms with van der Waals surface area (Å²) in [7, 11) is 0. The van der Waals surface area contributed by atoms with Crippen LogP contribution in [0.5, 0.6) is 0 Å². The maximum Gasteiger partial charge on any atom is 0.332 e. The largest absolute Gasteiger partial charge is 0.478 e. The highest BCUT2D eigenvalue weighted by Crippen LogP contribution is 2.22.